The Labute approximate surface area is 99.8 Å². The largest absolute Gasteiger partial charge is 0.392 e. The van der Waals surface area contributed by atoms with Crippen LogP contribution in [-0.4, -0.2) is 17.0 Å². The van der Waals surface area contributed by atoms with Crippen LogP contribution >= 0.6 is 0 Å². The molecule has 0 atom stereocenters. The maximum absolute atomic E-state index is 9.60. The molecular formula is C14H14O3. The van der Waals surface area contributed by atoms with Crippen molar-refractivity contribution < 1.29 is 15.3 Å². The van der Waals surface area contributed by atoms with Crippen molar-refractivity contribution in [1.29, 1.82) is 0 Å². The van der Waals surface area contributed by atoms with Gasteiger partial charge in [-0.05, 0) is 11.1 Å². The van der Waals surface area contributed by atoms with E-state index in [4.69, 9.17) is 0 Å². The van der Waals surface area contributed by atoms with Gasteiger partial charge in [-0.2, -0.15) is 0 Å². The molecule has 0 amide bonds. The average Bonchev–Trinajstić information content (AvgIpc) is 2.43. The molecule has 0 fully saturated rings. The zero-order chi connectivity index (χ0) is 12.1. The molecule has 0 aromatic heterocycles. The van der Waals surface area contributed by atoms with Crippen molar-refractivity contribution in [1.82, 2.24) is 0 Å². The molecule has 0 aliphatic carbocycles. The van der Waals surface area contributed by atoms with Crippen molar-refractivity contribution in [2.24, 2.45) is 0 Å². The van der Waals surface area contributed by atoms with E-state index >= 15 is 0 Å². The maximum atomic E-state index is 9.60. The summed E-state index contributed by atoms with van der Waals surface area (Å²) in [4.78, 5) is 4.61. The molecule has 88 valence electrons. The Balaban J connectivity index is 2.54. The van der Waals surface area contributed by atoms with Crippen LogP contribution in [0.5, 0.6) is 0 Å². The average molecular weight is 230 g/mol. The molecule has 2 rings (SSSR count). The molecule has 0 bridgehead atoms. The lowest BCUT2D eigenvalue weighted by atomic mass is 9.87. The fraction of sp³-hybridized carbons (Fsp3) is 0.143. The van der Waals surface area contributed by atoms with Crippen LogP contribution in [0.15, 0.2) is 60.7 Å². The first-order chi connectivity index (χ1) is 8.33. The van der Waals surface area contributed by atoms with Gasteiger partial charge >= 0.3 is 0 Å². The van der Waals surface area contributed by atoms with Gasteiger partial charge < -0.3 is 5.11 Å². The monoisotopic (exact) mass is 230 g/mol. The minimum absolute atomic E-state index is 0.336. The van der Waals surface area contributed by atoms with Crippen molar-refractivity contribution in [3.8, 4) is 0 Å². The second-order valence-electron chi connectivity index (χ2n) is 3.81. The lowest BCUT2D eigenvalue weighted by Crippen LogP contribution is -2.34. The van der Waals surface area contributed by atoms with Crippen molar-refractivity contribution in [3.05, 3.63) is 71.8 Å². The van der Waals surface area contributed by atoms with E-state index in [0.29, 0.717) is 11.1 Å². The number of benzene rings is 2. The first-order valence-electron chi connectivity index (χ1n) is 5.38. The van der Waals surface area contributed by atoms with Crippen molar-refractivity contribution in [2.45, 2.75) is 5.60 Å². The van der Waals surface area contributed by atoms with Crippen LogP contribution in [0, 0.1) is 0 Å². The first kappa shape index (κ1) is 11.8. The Bertz CT molecular complexity index is 408. The molecule has 0 heterocycles. The summed E-state index contributed by atoms with van der Waals surface area (Å²) in [6, 6.07) is 18.3. The van der Waals surface area contributed by atoms with E-state index < -0.39 is 5.60 Å². The molecule has 0 spiro atoms. The van der Waals surface area contributed by atoms with Gasteiger partial charge in [0.1, 0.15) is 0 Å². The highest BCUT2D eigenvalue weighted by atomic mass is 17.1. The molecular weight excluding hydrogens is 216 g/mol. The number of rotatable bonds is 4. The molecule has 2 aromatic carbocycles. The van der Waals surface area contributed by atoms with Crippen LogP contribution in [-0.2, 0) is 10.5 Å². The SMILES string of the molecule is OCC(OO)(c1ccccc1)c1ccccc1. The maximum Gasteiger partial charge on any atom is 0.176 e. The zero-order valence-corrected chi connectivity index (χ0v) is 9.28. The Morgan fingerprint density at radius 1 is 0.824 bits per heavy atom. The standard InChI is InChI=1S/C14H14O3/c15-11-14(17-16,12-7-3-1-4-8-12)13-9-5-2-6-10-13/h1-10,15-16H,11H2. The smallest absolute Gasteiger partial charge is 0.176 e. The summed E-state index contributed by atoms with van der Waals surface area (Å²) in [5.74, 6) is 0. The lowest BCUT2D eigenvalue weighted by Gasteiger charge is -2.29. The Hall–Kier alpha value is -1.68. The molecule has 0 unspecified atom stereocenters. The molecule has 3 nitrogen and oxygen atoms in total. The van der Waals surface area contributed by atoms with Crippen LogP contribution in [0.2, 0.25) is 0 Å². The van der Waals surface area contributed by atoms with Crippen LogP contribution in [0.1, 0.15) is 11.1 Å². The topological polar surface area (TPSA) is 49.7 Å². The van der Waals surface area contributed by atoms with Gasteiger partial charge in [-0.25, -0.2) is 4.89 Å². The van der Waals surface area contributed by atoms with E-state index in [1.54, 1.807) is 24.3 Å². The van der Waals surface area contributed by atoms with Gasteiger partial charge in [0.25, 0.3) is 0 Å². The summed E-state index contributed by atoms with van der Waals surface area (Å²) < 4.78 is 0. The van der Waals surface area contributed by atoms with Gasteiger partial charge in [0.15, 0.2) is 5.60 Å². The summed E-state index contributed by atoms with van der Waals surface area (Å²) in [6.45, 7) is -0.336. The molecule has 0 aliphatic rings. The molecule has 0 radical (unpaired) electrons. The van der Waals surface area contributed by atoms with Gasteiger partial charge in [0, 0.05) is 0 Å². The van der Waals surface area contributed by atoms with Crippen LogP contribution in [0.4, 0.5) is 0 Å². The quantitative estimate of drug-likeness (QED) is 0.626. The second-order valence-corrected chi connectivity index (χ2v) is 3.81. The zero-order valence-electron chi connectivity index (χ0n) is 9.28. The van der Waals surface area contributed by atoms with Gasteiger partial charge in [0.2, 0.25) is 0 Å². The Morgan fingerprint density at radius 3 is 1.53 bits per heavy atom. The van der Waals surface area contributed by atoms with Gasteiger partial charge in [-0.1, -0.05) is 60.7 Å². The molecule has 0 saturated carbocycles. The first-order valence-corrected chi connectivity index (χ1v) is 5.38. The highest BCUT2D eigenvalue weighted by Crippen LogP contribution is 2.32. The minimum atomic E-state index is -1.22. The predicted molar refractivity (Wildman–Crippen MR) is 64.5 cm³/mol. The summed E-state index contributed by atoms with van der Waals surface area (Å²) in [5.41, 5.74) is 0.190. The van der Waals surface area contributed by atoms with Gasteiger partial charge in [0.05, 0.1) is 6.61 Å². The van der Waals surface area contributed by atoms with E-state index in [1.165, 1.54) is 0 Å². The van der Waals surface area contributed by atoms with E-state index in [0.717, 1.165) is 0 Å². The summed E-state index contributed by atoms with van der Waals surface area (Å²) in [7, 11) is 0. The highest BCUT2D eigenvalue weighted by molar-refractivity contribution is 5.36. The second kappa shape index (κ2) is 5.10. The number of hydrogen-bond acceptors (Lipinski definition) is 3. The fourth-order valence-electron chi connectivity index (χ4n) is 1.90. The molecule has 3 heteroatoms. The lowest BCUT2D eigenvalue weighted by molar-refractivity contribution is -0.322. The third kappa shape index (κ3) is 2.08. The minimum Gasteiger partial charge on any atom is -0.392 e. The summed E-state index contributed by atoms with van der Waals surface area (Å²) in [5, 5.41) is 18.8. The third-order valence-electron chi connectivity index (χ3n) is 2.86. The third-order valence-corrected chi connectivity index (χ3v) is 2.86. The number of aliphatic hydroxyl groups is 1. The van der Waals surface area contributed by atoms with Crippen LogP contribution in [0.3, 0.4) is 0 Å². The van der Waals surface area contributed by atoms with Crippen molar-refractivity contribution in [3.63, 3.8) is 0 Å². The normalized spacial score (nSPS) is 11.4. The fourth-order valence-corrected chi connectivity index (χ4v) is 1.90. The summed E-state index contributed by atoms with van der Waals surface area (Å²) >= 11 is 0. The Morgan fingerprint density at radius 2 is 1.24 bits per heavy atom. The molecule has 0 aliphatic heterocycles. The highest BCUT2D eigenvalue weighted by Gasteiger charge is 2.35. The van der Waals surface area contributed by atoms with Gasteiger partial charge in [-0.3, -0.25) is 5.26 Å². The molecule has 17 heavy (non-hydrogen) atoms. The van der Waals surface area contributed by atoms with E-state index in [2.05, 4.69) is 4.89 Å². The van der Waals surface area contributed by atoms with Crippen LogP contribution in [0.25, 0.3) is 0 Å². The molecule has 2 N–H and O–H groups in total. The predicted octanol–water partition coefficient (Wildman–Crippen LogP) is 2.41. The summed E-state index contributed by atoms with van der Waals surface area (Å²) in [6.07, 6.45) is 0. The van der Waals surface area contributed by atoms with Gasteiger partial charge in [-0.15, -0.1) is 0 Å². The van der Waals surface area contributed by atoms with E-state index in [9.17, 15) is 10.4 Å². The van der Waals surface area contributed by atoms with Crippen LogP contribution < -0.4 is 0 Å². The van der Waals surface area contributed by atoms with E-state index in [1.807, 2.05) is 36.4 Å². The van der Waals surface area contributed by atoms with Crippen molar-refractivity contribution >= 4 is 0 Å². The van der Waals surface area contributed by atoms with E-state index in [-0.39, 0.29) is 6.61 Å². The Kier molecular flexibility index (Phi) is 3.54. The van der Waals surface area contributed by atoms with Crippen molar-refractivity contribution in [2.75, 3.05) is 6.61 Å². The molecule has 2 aromatic rings. The molecule has 0 saturated heterocycles. The number of hydrogen-bond donors (Lipinski definition) is 2. The number of aliphatic hydroxyl groups excluding tert-OH is 1.